The highest BCUT2D eigenvalue weighted by molar-refractivity contribution is 6.00. The van der Waals surface area contributed by atoms with Crippen LogP contribution in [0.3, 0.4) is 0 Å². The van der Waals surface area contributed by atoms with E-state index in [0.29, 0.717) is 12.2 Å². The number of anilines is 1. The van der Waals surface area contributed by atoms with Crippen LogP contribution in [0.2, 0.25) is 0 Å². The van der Waals surface area contributed by atoms with Crippen LogP contribution >= 0.6 is 0 Å². The van der Waals surface area contributed by atoms with Crippen LogP contribution in [-0.2, 0) is 0 Å². The van der Waals surface area contributed by atoms with Crippen LogP contribution in [0.1, 0.15) is 42.1 Å². The summed E-state index contributed by atoms with van der Waals surface area (Å²) in [6.07, 6.45) is 3.35. The standard InChI is InChI=1S/C15H20N2O3/c1-3-15(7-8-15)9-16-14(20)17-12-10(2)5-4-6-11(12)13(18)19/h4-6H,3,7-9H2,1-2H3,(H,18,19)(H2,16,17,20). The number of aromatic carboxylic acids is 1. The lowest BCUT2D eigenvalue weighted by molar-refractivity contribution is 0.0698. The second kappa shape index (κ2) is 5.53. The number of hydrogen-bond donors (Lipinski definition) is 3. The molecule has 1 aliphatic carbocycles. The summed E-state index contributed by atoms with van der Waals surface area (Å²) in [7, 11) is 0. The van der Waals surface area contributed by atoms with E-state index in [4.69, 9.17) is 5.11 Å². The number of rotatable bonds is 5. The lowest BCUT2D eigenvalue weighted by atomic mass is 10.0. The molecule has 0 bridgehead atoms. The number of hydrogen-bond acceptors (Lipinski definition) is 2. The van der Waals surface area contributed by atoms with Gasteiger partial charge < -0.3 is 15.7 Å². The number of amides is 2. The molecule has 2 rings (SSSR count). The second-order valence-corrected chi connectivity index (χ2v) is 5.46. The van der Waals surface area contributed by atoms with Gasteiger partial charge in [-0.3, -0.25) is 0 Å². The van der Waals surface area contributed by atoms with E-state index < -0.39 is 5.97 Å². The first kappa shape index (κ1) is 14.4. The molecule has 20 heavy (non-hydrogen) atoms. The van der Waals surface area contributed by atoms with E-state index in [0.717, 1.165) is 24.8 Å². The number of carbonyl (C=O) groups excluding carboxylic acids is 1. The van der Waals surface area contributed by atoms with E-state index in [1.165, 1.54) is 6.07 Å². The predicted octanol–water partition coefficient (Wildman–Crippen LogP) is 3.00. The molecule has 1 aliphatic rings. The topological polar surface area (TPSA) is 78.4 Å². The van der Waals surface area contributed by atoms with E-state index >= 15 is 0 Å². The molecule has 0 heterocycles. The van der Waals surface area contributed by atoms with Crippen LogP contribution in [0, 0.1) is 12.3 Å². The average Bonchev–Trinajstić information content (AvgIpc) is 3.19. The van der Waals surface area contributed by atoms with Gasteiger partial charge in [-0.1, -0.05) is 19.1 Å². The first-order valence-electron chi connectivity index (χ1n) is 6.85. The molecule has 0 aromatic heterocycles. The number of nitrogens with one attached hydrogen (secondary N) is 2. The fraction of sp³-hybridized carbons (Fsp3) is 0.467. The van der Waals surface area contributed by atoms with E-state index in [1.54, 1.807) is 19.1 Å². The smallest absolute Gasteiger partial charge is 0.337 e. The van der Waals surface area contributed by atoms with Gasteiger partial charge in [-0.05, 0) is 43.2 Å². The van der Waals surface area contributed by atoms with Crippen LogP contribution in [0.5, 0.6) is 0 Å². The molecule has 1 saturated carbocycles. The van der Waals surface area contributed by atoms with Crippen LogP contribution in [0.25, 0.3) is 0 Å². The summed E-state index contributed by atoms with van der Waals surface area (Å²) in [4.78, 5) is 23.1. The van der Waals surface area contributed by atoms with Crippen molar-refractivity contribution in [1.29, 1.82) is 0 Å². The molecule has 0 aliphatic heterocycles. The molecule has 108 valence electrons. The molecule has 0 radical (unpaired) electrons. The van der Waals surface area contributed by atoms with Crippen molar-refractivity contribution in [2.24, 2.45) is 5.41 Å². The molecule has 2 amide bonds. The van der Waals surface area contributed by atoms with Crippen LogP contribution < -0.4 is 10.6 Å². The normalized spacial score (nSPS) is 15.5. The van der Waals surface area contributed by atoms with Gasteiger partial charge in [0.1, 0.15) is 0 Å². The predicted molar refractivity (Wildman–Crippen MR) is 77.1 cm³/mol. The number of urea groups is 1. The van der Waals surface area contributed by atoms with Crippen LogP contribution in [-0.4, -0.2) is 23.7 Å². The van der Waals surface area contributed by atoms with Gasteiger partial charge >= 0.3 is 12.0 Å². The minimum absolute atomic E-state index is 0.108. The lowest BCUT2D eigenvalue weighted by Crippen LogP contribution is -2.34. The van der Waals surface area contributed by atoms with E-state index in [2.05, 4.69) is 17.6 Å². The number of carboxylic acids is 1. The van der Waals surface area contributed by atoms with E-state index in [-0.39, 0.29) is 17.0 Å². The monoisotopic (exact) mass is 276 g/mol. The summed E-state index contributed by atoms with van der Waals surface area (Å²) in [6, 6.07) is 4.58. The third kappa shape index (κ3) is 3.10. The number of benzene rings is 1. The largest absolute Gasteiger partial charge is 0.478 e. The van der Waals surface area contributed by atoms with Gasteiger partial charge in [0.25, 0.3) is 0 Å². The summed E-state index contributed by atoms with van der Waals surface area (Å²) < 4.78 is 0. The lowest BCUT2D eigenvalue weighted by Gasteiger charge is -2.16. The highest BCUT2D eigenvalue weighted by Crippen LogP contribution is 2.47. The van der Waals surface area contributed by atoms with Crippen molar-refractivity contribution in [2.75, 3.05) is 11.9 Å². The molecule has 5 nitrogen and oxygen atoms in total. The Bertz CT molecular complexity index is 536. The molecule has 5 heteroatoms. The van der Waals surface area contributed by atoms with Gasteiger partial charge in [0.2, 0.25) is 0 Å². The third-order valence-electron chi connectivity index (χ3n) is 4.07. The quantitative estimate of drug-likeness (QED) is 0.773. The van der Waals surface area contributed by atoms with Gasteiger partial charge in [0.05, 0.1) is 11.3 Å². The first-order chi connectivity index (χ1) is 9.47. The van der Waals surface area contributed by atoms with E-state index in [1.807, 2.05) is 0 Å². The van der Waals surface area contributed by atoms with Crippen molar-refractivity contribution >= 4 is 17.7 Å². The summed E-state index contributed by atoms with van der Waals surface area (Å²) in [5.41, 5.74) is 1.46. The fourth-order valence-electron chi connectivity index (χ4n) is 2.27. The maximum atomic E-state index is 11.9. The Morgan fingerprint density at radius 3 is 2.60 bits per heavy atom. The first-order valence-corrected chi connectivity index (χ1v) is 6.85. The molecule has 1 aromatic carbocycles. The van der Waals surface area contributed by atoms with Crippen molar-refractivity contribution in [1.82, 2.24) is 5.32 Å². The molecular weight excluding hydrogens is 256 g/mol. The van der Waals surface area contributed by atoms with Gasteiger partial charge in [-0.2, -0.15) is 0 Å². The summed E-state index contributed by atoms with van der Waals surface area (Å²) in [5.74, 6) is -1.05. The van der Waals surface area contributed by atoms with Crippen molar-refractivity contribution in [3.63, 3.8) is 0 Å². The third-order valence-corrected chi connectivity index (χ3v) is 4.07. The maximum absolute atomic E-state index is 11.9. The maximum Gasteiger partial charge on any atom is 0.337 e. The number of carbonyl (C=O) groups is 2. The number of aryl methyl sites for hydroxylation is 1. The van der Waals surface area contributed by atoms with Gasteiger partial charge in [-0.15, -0.1) is 0 Å². The van der Waals surface area contributed by atoms with Crippen molar-refractivity contribution in [3.8, 4) is 0 Å². The highest BCUT2D eigenvalue weighted by Gasteiger charge is 2.40. The number of para-hydroxylation sites is 1. The van der Waals surface area contributed by atoms with Crippen LogP contribution in [0.15, 0.2) is 18.2 Å². The molecule has 1 aromatic rings. The van der Waals surface area contributed by atoms with Crippen molar-refractivity contribution in [3.05, 3.63) is 29.3 Å². The van der Waals surface area contributed by atoms with Gasteiger partial charge in [-0.25, -0.2) is 9.59 Å². The SMILES string of the molecule is CCC1(CNC(=O)Nc2c(C)cccc2C(=O)O)CC1. The fourth-order valence-corrected chi connectivity index (χ4v) is 2.27. The summed E-state index contributed by atoms with van der Waals surface area (Å²) in [6.45, 7) is 4.54. The average molecular weight is 276 g/mol. The zero-order chi connectivity index (χ0) is 14.8. The minimum atomic E-state index is -1.05. The Labute approximate surface area is 118 Å². The second-order valence-electron chi connectivity index (χ2n) is 5.46. The van der Waals surface area contributed by atoms with Crippen molar-refractivity contribution in [2.45, 2.75) is 33.1 Å². The molecule has 0 saturated heterocycles. The van der Waals surface area contributed by atoms with Gasteiger partial charge in [0, 0.05) is 6.54 Å². The molecule has 1 fully saturated rings. The summed E-state index contributed by atoms with van der Waals surface area (Å²) >= 11 is 0. The Morgan fingerprint density at radius 1 is 1.35 bits per heavy atom. The Balaban J connectivity index is 2.02. The molecule has 3 N–H and O–H groups in total. The van der Waals surface area contributed by atoms with Crippen LogP contribution in [0.4, 0.5) is 10.5 Å². The minimum Gasteiger partial charge on any atom is -0.478 e. The highest BCUT2D eigenvalue weighted by atomic mass is 16.4. The molecule has 0 atom stereocenters. The molecule has 0 spiro atoms. The van der Waals surface area contributed by atoms with Gasteiger partial charge in [0.15, 0.2) is 0 Å². The number of carboxylic acid groups (broad SMARTS) is 1. The van der Waals surface area contributed by atoms with Crippen molar-refractivity contribution < 1.29 is 14.7 Å². The molecular formula is C15H20N2O3. The molecule has 0 unspecified atom stereocenters. The zero-order valence-corrected chi connectivity index (χ0v) is 11.8. The Morgan fingerprint density at radius 2 is 2.05 bits per heavy atom. The van der Waals surface area contributed by atoms with E-state index in [9.17, 15) is 9.59 Å². The Kier molecular flexibility index (Phi) is 3.97. The zero-order valence-electron chi connectivity index (χ0n) is 11.8. The summed E-state index contributed by atoms with van der Waals surface area (Å²) in [5, 5.41) is 14.6. The Hall–Kier alpha value is -2.04.